The first-order valence-corrected chi connectivity index (χ1v) is 20.9. The molecule has 0 fully saturated rings. The van der Waals surface area contributed by atoms with Gasteiger partial charge in [-0.1, -0.05) is 170 Å². The van der Waals surface area contributed by atoms with Gasteiger partial charge in [0.2, 0.25) is 0 Å². The van der Waals surface area contributed by atoms with Gasteiger partial charge >= 0.3 is 0 Å². The lowest BCUT2D eigenvalue weighted by atomic mass is 9.95. The fourth-order valence-corrected chi connectivity index (χ4v) is 9.06. The van der Waals surface area contributed by atoms with Crippen molar-refractivity contribution >= 4 is 38.1 Å². The monoisotopic (exact) mass is 791 g/mol. The number of hydrogen-bond donors (Lipinski definition) is 0. The minimum Gasteiger partial charge on any atom is -0.309 e. The Morgan fingerprint density at radius 1 is 0.355 bits per heavy atom. The number of pyridine rings is 1. The Morgan fingerprint density at radius 2 is 0.935 bits per heavy atom. The van der Waals surface area contributed by atoms with E-state index >= 15 is 0 Å². The molecule has 5 heteroatoms. The quantitative estimate of drug-likeness (QED) is 0.162. The van der Waals surface area contributed by atoms with Crippen molar-refractivity contribution in [3.8, 4) is 73.2 Å². The first-order valence-electron chi connectivity index (χ1n) is 20.9. The lowest BCUT2D eigenvalue weighted by molar-refractivity contribution is 0.979. The second-order valence-electron chi connectivity index (χ2n) is 15.7. The van der Waals surface area contributed by atoms with Crippen LogP contribution >= 0.6 is 0 Å². The summed E-state index contributed by atoms with van der Waals surface area (Å²) in [6.07, 6.45) is 0. The molecule has 8 aromatic carbocycles. The maximum atomic E-state index is 5.45. The topological polar surface area (TPSA) is 48.0 Å². The molecule has 0 saturated heterocycles. The van der Waals surface area contributed by atoms with Gasteiger partial charge in [-0.15, -0.1) is 0 Å². The standard InChI is InChI=1S/C57H37N5/c1-5-18-38(19-6-1)49-37-50(59-57(58-49)44-32-33-52-48(35-44)47-30-15-16-31-51(47)61(52)45-27-11-4-12-28-45)42-25-17-26-43(34-42)54-55(40-22-9-3-10-23-40)60-62-53(39-20-7-2-8-21-39)36-41-24-13-14-29-46(41)56(54)62/h1-37H. The van der Waals surface area contributed by atoms with Gasteiger partial charge in [-0.3, -0.25) is 0 Å². The van der Waals surface area contributed by atoms with E-state index in [1.807, 2.05) is 6.07 Å². The van der Waals surface area contributed by atoms with Crippen LogP contribution in [-0.2, 0) is 0 Å². The van der Waals surface area contributed by atoms with Crippen LogP contribution in [0.5, 0.6) is 0 Å². The van der Waals surface area contributed by atoms with Crippen molar-refractivity contribution in [1.29, 1.82) is 0 Å². The average Bonchev–Trinajstić information content (AvgIpc) is 3.92. The van der Waals surface area contributed by atoms with Gasteiger partial charge in [-0.25, -0.2) is 14.5 Å². The van der Waals surface area contributed by atoms with Crippen LogP contribution in [0.15, 0.2) is 224 Å². The number of hydrogen-bond acceptors (Lipinski definition) is 3. The normalized spacial score (nSPS) is 11.5. The largest absolute Gasteiger partial charge is 0.309 e. The van der Waals surface area contributed by atoms with Gasteiger partial charge in [0.1, 0.15) is 5.69 Å². The third-order valence-electron chi connectivity index (χ3n) is 11.9. The Kier molecular flexibility index (Phi) is 8.42. The van der Waals surface area contributed by atoms with Crippen LogP contribution in [0.4, 0.5) is 0 Å². The molecule has 0 radical (unpaired) electrons. The van der Waals surface area contributed by atoms with Crippen molar-refractivity contribution in [1.82, 2.24) is 24.1 Å². The highest BCUT2D eigenvalue weighted by Crippen LogP contribution is 2.42. The van der Waals surface area contributed by atoms with Gasteiger partial charge in [0.25, 0.3) is 0 Å². The molecule has 12 rings (SSSR count). The highest BCUT2D eigenvalue weighted by atomic mass is 15.2. The number of fused-ring (bicyclic) bond motifs is 6. The third-order valence-corrected chi connectivity index (χ3v) is 11.9. The number of para-hydroxylation sites is 2. The van der Waals surface area contributed by atoms with Crippen molar-refractivity contribution < 1.29 is 0 Å². The summed E-state index contributed by atoms with van der Waals surface area (Å²) in [4.78, 5) is 10.6. The average molecular weight is 792 g/mol. The van der Waals surface area contributed by atoms with E-state index in [4.69, 9.17) is 15.1 Å². The summed E-state index contributed by atoms with van der Waals surface area (Å²) in [6, 6.07) is 79.0. The third kappa shape index (κ3) is 5.98. The molecule has 0 N–H and O–H groups in total. The number of aromatic nitrogens is 5. The highest BCUT2D eigenvalue weighted by molar-refractivity contribution is 6.11. The Hall–Kier alpha value is -8.41. The van der Waals surface area contributed by atoms with E-state index in [1.165, 1.54) is 5.39 Å². The molecule has 0 spiro atoms. The molecule has 0 unspecified atom stereocenters. The lowest BCUT2D eigenvalue weighted by Crippen LogP contribution is -1.97. The summed E-state index contributed by atoms with van der Waals surface area (Å²) in [5.74, 6) is 0.671. The molecule has 0 atom stereocenters. The van der Waals surface area contributed by atoms with E-state index in [0.29, 0.717) is 5.82 Å². The van der Waals surface area contributed by atoms with Crippen LogP contribution < -0.4 is 0 Å². The van der Waals surface area contributed by atoms with Crippen molar-refractivity contribution in [3.05, 3.63) is 224 Å². The van der Waals surface area contributed by atoms with Gasteiger partial charge < -0.3 is 4.57 Å². The van der Waals surface area contributed by atoms with E-state index in [1.54, 1.807) is 0 Å². The zero-order valence-electron chi connectivity index (χ0n) is 33.6. The molecule has 5 nitrogen and oxygen atoms in total. The second kappa shape index (κ2) is 14.7. The SMILES string of the molecule is c1ccc(-c2cc(-c3cccc(-c4c(-c5ccccc5)nn5c(-c6ccccc6)cc6ccccc6c45)c3)nc(-c3ccc4c(c3)c3ccccc3n4-c3ccccc3)n2)cc1. The van der Waals surface area contributed by atoms with E-state index in [9.17, 15) is 0 Å². The zero-order chi connectivity index (χ0) is 41.0. The van der Waals surface area contributed by atoms with Gasteiger partial charge in [-0.2, -0.15) is 5.10 Å². The Bertz CT molecular complexity index is 3610. The maximum absolute atomic E-state index is 5.45. The van der Waals surface area contributed by atoms with Crippen LogP contribution in [0, 0.1) is 0 Å². The van der Waals surface area contributed by atoms with Crippen LogP contribution in [0.3, 0.4) is 0 Å². The predicted molar refractivity (Wildman–Crippen MR) is 255 cm³/mol. The first kappa shape index (κ1) is 35.5. The molecule has 0 saturated carbocycles. The van der Waals surface area contributed by atoms with Gasteiger partial charge in [0, 0.05) is 55.2 Å². The Balaban J connectivity index is 1.08. The number of nitrogens with zero attached hydrogens (tertiary/aromatic N) is 5. The molecule has 4 aromatic heterocycles. The van der Waals surface area contributed by atoms with E-state index < -0.39 is 0 Å². The molecule has 4 heterocycles. The van der Waals surface area contributed by atoms with Gasteiger partial charge in [-0.05, 0) is 65.5 Å². The second-order valence-corrected chi connectivity index (χ2v) is 15.7. The molecule has 290 valence electrons. The molecular formula is C57H37N5. The summed E-state index contributed by atoms with van der Waals surface area (Å²) in [5.41, 5.74) is 15.4. The van der Waals surface area contributed by atoms with Gasteiger partial charge in [0.15, 0.2) is 5.82 Å². The molecule has 0 bridgehead atoms. The minimum atomic E-state index is 0.671. The van der Waals surface area contributed by atoms with Crippen molar-refractivity contribution in [2.75, 3.05) is 0 Å². The summed E-state index contributed by atoms with van der Waals surface area (Å²) < 4.78 is 4.48. The summed E-state index contributed by atoms with van der Waals surface area (Å²) in [7, 11) is 0. The molecule has 0 aliphatic rings. The molecule has 0 aliphatic carbocycles. The molecule has 0 aliphatic heterocycles. The maximum Gasteiger partial charge on any atom is 0.160 e. The first-order chi connectivity index (χ1) is 30.7. The van der Waals surface area contributed by atoms with Crippen molar-refractivity contribution in [3.63, 3.8) is 0 Å². The van der Waals surface area contributed by atoms with E-state index in [2.05, 4.69) is 227 Å². The Labute approximate surface area is 358 Å². The molecule has 62 heavy (non-hydrogen) atoms. The van der Waals surface area contributed by atoms with Gasteiger partial charge in [0.05, 0.1) is 33.6 Å². The fraction of sp³-hybridized carbons (Fsp3) is 0. The summed E-state index contributed by atoms with van der Waals surface area (Å²) in [6.45, 7) is 0. The number of benzene rings is 8. The summed E-state index contributed by atoms with van der Waals surface area (Å²) >= 11 is 0. The van der Waals surface area contributed by atoms with Crippen LogP contribution in [0.2, 0.25) is 0 Å². The van der Waals surface area contributed by atoms with Crippen LogP contribution in [-0.4, -0.2) is 24.1 Å². The van der Waals surface area contributed by atoms with Crippen molar-refractivity contribution in [2.24, 2.45) is 0 Å². The Morgan fingerprint density at radius 3 is 1.69 bits per heavy atom. The van der Waals surface area contributed by atoms with Crippen LogP contribution in [0.1, 0.15) is 0 Å². The fourth-order valence-electron chi connectivity index (χ4n) is 9.06. The van der Waals surface area contributed by atoms with Crippen LogP contribution in [0.25, 0.3) is 111 Å². The predicted octanol–water partition coefficient (Wildman–Crippen LogP) is 14.4. The van der Waals surface area contributed by atoms with E-state index in [0.717, 1.165) is 100 Å². The van der Waals surface area contributed by atoms with Crippen molar-refractivity contribution in [2.45, 2.75) is 0 Å². The lowest BCUT2D eigenvalue weighted by Gasteiger charge is -2.12. The smallest absolute Gasteiger partial charge is 0.160 e. The summed E-state index contributed by atoms with van der Waals surface area (Å²) in [5, 5.41) is 10.1. The molecular weight excluding hydrogens is 755 g/mol. The molecule has 0 amide bonds. The minimum absolute atomic E-state index is 0.671. The zero-order valence-corrected chi connectivity index (χ0v) is 33.6. The van der Waals surface area contributed by atoms with E-state index in [-0.39, 0.29) is 0 Å². The highest BCUT2D eigenvalue weighted by Gasteiger charge is 2.23. The number of rotatable bonds is 7. The molecule has 12 aromatic rings.